The lowest BCUT2D eigenvalue weighted by Crippen LogP contribution is -2.18. The maximum absolute atomic E-state index is 11.7. The fraction of sp³-hybridized carbons (Fsp3) is 0.455. The summed E-state index contributed by atoms with van der Waals surface area (Å²) in [4.78, 5) is 15.7. The number of rotatable bonds is 1. The van der Waals surface area contributed by atoms with Gasteiger partial charge >= 0.3 is 0 Å². The van der Waals surface area contributed by atoms with Gasteiger partial charge in [-0.25, -0.2) is 4.98 Å². The van der Waals surface area contributed by atoms with E-state index in [1.54, 1.807) is 6.20 Å². The number of carbonyl (C=O) groups excluding carboxylic acids is 1. The van der Waals surface area contributed by atoms with Gasteiger partial charge in [0.2, 0.25) is 0 Å². The topological polar surface area (TPSA) is 56.0 Å². The van der Waals surface area contributed by atoms with Crippen LogP contribution in [0, 0.1) is 0 Å². The van der Waals surface area contributed by atoms with Crippen LogP contribution in [0.2, 0.25) is 0 Å². The molecule has 1 atom stereocenters. The molecule has 1 heterocycles. The Bertz CT molecular complexity index is 349. The Morgan fingerprint density at radius 1 is 1.43 bits per heavy atom. The minimum Gasteiger partial charge on any atom is -0.383 e. The third kappa shape index (κ3) is 1.62. The molecule has 1 aliphatic rings. The van der Waals surface area contributed by atoms with Crippen molar-refractivity contribution in [3.63, 3.8) is 0 Å². The van der Waals surface area contributed by atoms with E-state index in [0.717, 1.165) is 24.8 Å². The number of ketones is 1. The van der Waals surface area contributed by atoms with Gasteiger partial charge in [-0.05, 0) is 18.9 Å². The first-order chi connectivity index (χ1) is 6.79. The number of nitrogens with two attached hydrogens (primary N) is 1. The predicted molar refractivity (Wildman–Crippen MR) is 54.9 cm³/mol. The molecule has 0 amide bonds. The standard InChI is InChI=1S/C11H14N2O/c12-11-9(5-3-7-13-11)8-4-1-2-6-10(8)14/h3,5,7-8H,1-2,4,6H2,(H2,12,13). The first kappa shape index (κ1) is 9.19. The molecule has 0 saturated heterocycles. The minimum atomic E-state index is -0.00236. The Kier molecular flexibility index (Phi) is 2.48. The summed E-state index contributed by atoms with van der Waals surface area (Å²) in [6.07, 6.45) is 5.42. The highest BCUT2D eigenvalue weighted by atomic mass is 16.1. The van der Waals surface area contributed by atoms with E-state index in [9.17, 15) is 4.79 Å². The van der Waals surface area contributed by atoms with Crippen molar-refractivity contribution in [1.82, 2.24) is 4.98 Å². The van der Waals surface area contributed by atoms with E-state index in [1.165, 1.54) is 0 Å². The SMILES string of the molecule is Nc1ncccc1C1CCCCC1=O. The molecule has 2 rings (SSSR count). The van der Waals surface area contributed by atoms with Crippen LogP contribution in [0.3, 0.4) is 0 Å². The second-order valence-corrected chi connectivity index (χ2v) is 3.74. The summed E-state index contributed by atoms with van der Waals surface area (Å²) >= 11 is 0. The van der Waals surface area contributed by atoms with Crippen LogP contribution in [0.25, 0.3) is 0 Å². The summed E-state index contributed by atoms with van der Waals surface area (Å²) in [6, 6.07) is 3.75. The number of hydrogen-bond acceptors (Lipinski definition) is 3. The van der Waals surface area contributed by atoms with Gasteiger partial charge in [-0.3, -0.25) is 4.79 Å². The van der Waals surface area contributed by atoms with Gasteiger partial charge in [0.15, 0.2) is 0 Å². The van der Waals surface area contributed by atoms with Crippen LogP contribution in [-0.4, -0.2) is 10.8 Å². The zero-order valence-electron chi connectivity index (χ0n) is 8.07. The smallest absolute Gasteiger partial charge is 0.140 e. The number of Topliss-reactive ketones (excluding diaryl/α,β-unsaturated/α-hetero) is 1. The van der Waals surface area contributed by atoms with Gasteiger partial charge in [0.05, 0.1) is 0 Å². The molecule has 1 fully saturated rings. The highest BCUT2D eigenvalue weighted by molar-refractivity contribution is 5.87. The van der Waals surface area contributed by atoms with E-state index in [0.29, 0.717) is 18.0 Å². The average molecular weight is 190 g/mol. The lowest BCUT2D eigenvalue weighted by molar-refractivity contribution is -0.121. The third-order valence-corrected chi connectivity index (χ3v) is 2.80. The highest BCUT2D eigenvalue weighted by Gasteiger charge is 2.25. The van der Waals surface area contributed by atoms with Gasteiger partial charge < -0.3 is 5.73 Å². The molecule has 1 aliphatic carbocycles. The van der Waals surface area contributed by atoms with Crippen molar-refractivity contribution in [1.29, 1.82) is 0 Å². The third-order valence-electron chi connectivity index (χ3n) is 2.80. The van der Waals surface area contributed by atoms with Gasteiger partial charge in [0.25, 0.3) is 0 Å². The van der Waals surface area contributed by atoms with Crippen LogP contribution in [0.1, 0.15) is 37.2 Å². The van der Waals surface area contributed by atoms with Crippen LogP contribution in [0.4, 0.5) is 5.82 Å². The van der Waals surface area contributed by atoms with Crippen molar-refractivity contribution >= 4 is 11.6 Å². The number of nitrogens with zero attached hydrogens (tertiary/aromatic N) is 1. The predicted octanol–water partition coefficient (Wildman–Crippen LogP) is 1.89. The molecule has 74 valence electrons. The van der Waals surface area contributed by atoms with Crippen molar-refractivity contribution in [3.8, 4) is 0 Å². The molecule has 1 unspecified atom stereocenters. The molecular weight excluding hydrogens is 176 g/mol. The van der Waals surface area contributed by atoms with Crippen LogP contribution in [0.15, 0.2) is 18.3 Å². The largest absolute Gasteiger partial charge is 0.383 e. The molecule has 0 bridgehead atoms. The molecule has 3 heteroatoms. The maximum Gasteiger partial charge on any atom is 0.140 e. The molecule has 1 saturated carbocycles. The van der Waals surface area contributed by atoms with E-state index in [-0.39, 0.29) is 5.92 Å². The zero-order chi connectivity index (χ0) is 9.97. The second-order valence-electron chi connectivity index (χ2n) is 3.74. The Hall–Kier alpha value is -1.38. The fourth-order valence-electron chi connectivity index (χ4n) is 2.04. The van der Waals surface area contributed by atoms with Gasteiger partial charge in [0, 0.05) is 24.1 Å². The van der Waals surface area contributed by atoms with Crippen molar-refractivity contribution in [2.45, 2.75) is 31.6 Å². The van der Waals surface area contributed by atoms with Crippen molar-refractivity contribution in [3.05, 3.63) is 23.9 Å². The van der Waals surface area contributed by atoms with Crippen LogP contribution < -0.4 is 5.73 Å². The van der Waals surface area contributed by atoms with Gasteiger partial charge in [0.1, 0.15) is 11.6 Å². The van der Waals surface area contributed by atoms with Gasteiger partial charge in [-0.15, -0.1) is 0 Å². The van der Waals surface area contributed by atoms with E-state index >= 15 is 0 Å². The van der Waals surface area contributed by atoms with E-state index in [1.807, 2.05) is 12.1 Å². The molecule has 0 radical (unpaired) electrons. The summed E-state index contributed by atoms with van der Waals surface area (Å²) in [7, 11) is 0. The number of hydrogen-bond donors (Lipinski definition) is 1. The zero-order valence-corrected chi connectivity index (χ0v) is 8.07. The summed E-state index contributed by atoms with van der Waals surface area (Å²) < 4.78 is 0. The number of aromatic nitrogens is 1. The summed E-state index contributed by atoms with van der Waals surface area (Å²) in [6.45, 7) is 0. The van der Waals surface area contributed by atoms with Gasteiger partial charge in [-0.2, -0.15) is 0 Å². The lowest BCUT2D eigenvalue weighted by Gasteiger charge is -2.21. The maximum atomic E-state index is 11.7. The Balaban J connectivity index is 2.29. The Morgan fingerprint density at radius 2 is 2.29 bits per heavy atom. The first-order valence-electron chi connectivity index (χ1n) is 5.02. The highest BCUT2D eigenvalue weighted by Crippen LogP contribution is 2.31. The molecule has 0 spiro atoms. The van der Waals surface area contributed by atoms with E-state index in [2.05, 4.69) is 4.98 Å². The molecule has 2 N–H and O–H groups in total. The van der Waals surface area contributed by atoms with Crippen molar-refractivity contribution < 1.29 is 4.79 Å². The first-order valence-corrected chi connectivity index (χ1v) is 5.02. The number of carbonyl (C=O) groups is 1. The van der Waals surface area contributed by atoms with Crippen molar-refractivity contribution in [2.24, 2.45) is 0 Å². The van der Waals surface area contributed by atoms with E-state index < -0.39 is 0 Å². The molecule has 0 aliphatic heterocycles. The summed E-state index contributed by atoms with van der Waals surface area (Å²) in [5.41, 5.74) is 6.66. The fourth-order valence-corrected chi connectivity index (χ4v) is 2.04. The summed E-state index contributed by atoms with van der Waals surface area (Å²) in [5.74, 6) is 0.821. The second kappa shape index (κ2) is 3.78. The van der Waals surface area contributed by atoms with Crippen LogP contribution in [0.5, 0.6) is 0 Å². The molecule has 14 heavy (non-hydrogen) atoms. The van der Waals surface area contributed by atoms with Crippen LogP contribution in [-0.2, 0) is 4.79 Å². The van der Waals surface area contributed by atoms with Crippen LogP contribution >= 0.6 is 0 Å². The quantitative estimate of drug-likeness (QED) is 0.735. The normalized spacial score (nSPS) is 22.3. The number of pyridine rings is 1. The average Bonchev–Trinajstić information content (AvgIpc) is 2.20. The minimum absolute atomic E-state index is 0.00236. The lowest BCUT2D eigenvalue weighted by atomic mass is 9.83. The Morgan fingerprint density at radius 3 is 3.00 bits per heavy atom. The molecule has 3 nitrogen and oxygen atoms in total. The van der Waals surface area contributed by atoms with E-state index in [4.69, 9.17) is 5.73 Å². The summed E-state index contributed by atoms with van der Waals surface area (Å²) in [5, 5.41) is 0. The van der Waals surface area contributed by atoms with Crippen molar-refractivity contribution in [2.75, 3.05) is 5.73 Å². The molecular formula is C11H14N2O. The molecule has 1 aromatic heterocycles. The number of anilines is 1. The monoisotopic (exact) mass is 190 g/mol. The molecule has 0 aromatic carbocycles. The van der Waals surface area contributed by atoms with Gasteiger partial charge in [-0.1, -0.05) is 12.5 Å². The molecule has 1 aromatic rings. The Labute approximate surface area is 83.3 Å². The number of nitrogen functional groups attached to an aromatic ring is 1.